The number of esters is 1. The molecule has 0 unspecified atom stereocenters. The van der Waals surface area contributed by atoms with Crippen molar-refractivity contribution in [2.75, 3.05) is 6.61 Å². The zero-order valence-corrected chi connectivity index (χ0v) is 14.2. The summed E-state index contributed by atoms with van der Waals surface area (Å²) in [6.07, 6.45) is 0. The second-order valence-electron chi connectivity index (χ2n) is 5.43. The third-order valence-electron chi connectivity index (χ3n) is 3.82. The highest BCUT2D eigenvalue weighted by molar-refractivity contribution is 6.00. The molecule has 1 heterocycles. The Morgan fingerprint density at radius 2 is 1.92 bits per heavy atom. The van der Waals surface area contributed by atoms with Gasteiger partial charge in [0.15, 0.2) is 6.61 Å². The Labute approximate surface area is 144 Å². The highest BCUT2D eigenvalue weighted by Crippen LogP contribution is 2.18. The number of aromatic nitrogens is 1. The van der Waals surface area contributed by atoms with Gasteiger partial charge in [0.05, 0.1) is 5.56 Å². The number of hydrogen-bond acceptors (Lipinski definition) is 4. The second-order valence-corrected chi connectivity index (χ2v) is 5.43. The lowest BCUT2D eigenvalue weighted by molar-refractivity contribution is -0.0499. The molecule has 0 aliphatic rings. The van der Waals surface area contributed by atoms with E-state index in [0.717, 1.165) is 24.0 Å². The van der Waals surface area contributed by atoms with Crippen LogP contribution in [0.3, 0.4) is 0 Å². The summed E-state index contributed by atoms with van der Waals surface area (Å²) in [7, 11) is 0. The number of nitrogens with zero attached hydrogens (tertiary/aromatic N) is 1. The van der Waals surface area contributed by atoms with Crippen molar-refractivity contribution in [3.8, 4) is 5.75 Å². The van der Waals surface area contributed by atoms with E-state index in [2.05, 4.69) is 4.74 Å². The van der Waals surface area contributed by atoms with Crippen molar-refractivity contribution in [1.82, 2.24) is 4.57 Å². The van der Waals surface area contributed by atoms with Crippen molar-refractivity contribution in [1.29, 1.82) is 0 Å². The lowest BCUT2D eigenvalue weighted by atomic mass is 10.1. The van der Waals surface area contributed by atoms with E-state index in [4.69, 9.17) is 4.74 Å². The molecule has 0 radical (unpaired) electrons. The predicted octanol–water partition coefficient (Wildman–Crippen LogP) is 3.77. The molecule has 0 spiro atoms. The SMILES string of the molecule is CCn1c(C)cc(C(=O)COC(=O)c2cccc(OC(F)F)c2)c1C. The number of hydrogen-bond donors (Lipinski definition) is 0. The van der Waals surface area contributed by atoms with Gasteiger partial charge >= 0.3 is 12.6 Å². The Bertz CT molecular complexity index is 783. The minimum Gasteiger partial charge on any atom is -0.454 e. The summed E-state index contributed by atoms with van der Waals surface area (Å²) in [6.45, 7) is 3.03. The average molecular weight is 351 g/mol. The van der Waals surface area contributed by atoms with Crippen molar-refractivity contribution in [2.45, 2.75) is 33.9 Å². The molecule has 0 aliphatic carbocycles. The van der Waals surface area contributed by atoms with E-state index in [9.17, 15) is 18.4 Å². The van der Waals surface area contributed by atoms with Crippen LogP contribution in [-0.4, -0.2) is 29.5 Å². The molecular formula is C18H19F2NO4. The normalized spacial score (nSPS) is 10.8. The van der Waals surface area contributed by atoms with Crippen LogP contribution in [0.2, 0.25) is 0 Å². The Hall–Kier alpha value is -2.70. The number of ketones is 1. The fraction of sp³-hybridized carbons (Fsp3) is 0.333. The molecule has 25 heavy (non-hydrogen) atoms. The summed E-state index contributed by atoms with van der Waals surface area (Å²) in [5, 5.41) is 0. The summed E-state index contributed by atoms with van der Waals surface area (Å²) < 4.78 is 35.6. The number of Topliss-reactive ketones (excluding diaryl/α,β-unsaturated/α-hetero) is 1. The molecule has 1 aromatic heterocycles. The number of carbonyl (C=O) groups excluding carboxylic acids is 2. The zero-order valence-electron chi connectivity index (χ0n) is 14.2. The number of carbonyl (C=O) groups is 2. The molecule has 1 aromatic carbocycles. The van der Waals surface area contributed by atoms with E-state index in [1.54, 1.807) is 6.07 Å². The number of benzene rings is 1. The molecule has 0 fully saturated rings. The third-order valence-corrected chi connectivity index (χ3v) is 3.82. The first kappa shape index (κ1) is 18.6. The van der Waals surface area contributed by atoms with Gasteiger partial charge in [-0.1, -0.05) is 6.07 Å². The van der Waals surface area contributed by atoms with Crippen LogP contribution in [0.15, 0.2) is 30.3 Å². The van der Waals surface area contributed by atoms with E-state index >= 15 is 0 Å². The van der Waals surface area contributed by atoms with Gasteiger partial charge in [0.2, 0.25) is 5.78 Å². The predicted molar refractivity (Wildman–Crippen MR) is 87.3 cm³/mol. The van der Waals surface area contributed by atoms with E-state index in [1.165, 1.54) is 18.2 Å². The van der Waals surface area contributed by atoms with Crippen molar-refractivity contribution in [3.63, 3.8) is 0 Å². The third kappa shape index (κ3) is 4.43. The van der Waals surface area contributed by atoms with Crippen molar-refractivity contribution < 1.29 is 27.8 Å². The first-order valence-electron chi connectivity index (χ1n) is 7.75. The Kier molecular flexibility index (Phi) is 5.90. The minimum atomic E-state index is -2.98. The molecule has 7 heteroatoms. The molecule has 2 rings (SSSR count). The Morgan fingerprint density at radius 3 is 2.52 bits per heavy atom. The molecule has 0 atom stereocenters. The van der Waals surface area contributed by atoms with Crippen LogP contribution < -0.4 is 4.74 Å². The van der Waals surface area contributed by atoms with Crippen molar-refractivity contribution >= 4 is 11.8 Å². The van der Waals surface area contributed by atoms with Crippen LogP contribution in [0.1, 0.15) is 39.0 Å². The topological polar surface area (TPSA) is 57.5 Å². The summed E-state index contributed by atoms with van der Waals surface area (Å²) in [4.78, 5) is 24.3. The maximum Gasteiger partial charge on any atom is 0.387 e. The molecule has 0 saturated carbocycles. The number of rotatable bonds is 7. The maximum atomic E-state index is 12.3. The fourth-order valence-electron chi connectivity index (χ4n) is 2.66. The standard InChI is InChI=1S/C18H19F2NO4/c1-4-21-11(2)8-15(12(21)3)16(22)10-24-17(23)13-6-5-7-14(9-13)25-18(19)20/h5-9,18H,4,10H2,1-3H3. The summed E-state index contributed by atoms with van der Waals surface area (Å²) in [5.41, 5.74) is 2.30. The van der Waals surface area contributed by atoms with Gasteiger partial charge in [0, 0.05) is 23.5 Å². The second kappa shape index (κ2) is 7.92. The average Bonchev–Trinajstić information content (AvgIpc) is 2.86. The molecular weight excluding hydrogens is 332 g/mol. The monoisotopic (exact) mass is 351 g/mol. The Morgan fingerprint density at radius 1 is 1.20 bits per heavy atom. The maximum absolute atomic E-state index is 12.3. The van der Waals surface area contributed by atoms with Crippen LogP contribution in [0.4, 0.5) is 8.78 Å². The highest BCUT2D eigenvalue weighted by Gasteiger charge is 2.18. The van der Waals surface area contributed by atoms with E-state index in [-0.39, 0.29) is 17.1 Å². The van der Waals surface area contributed by atoms with Gasteiger partial charge in [-0.15, -0.1) is 0 Å². The smallest absolute Gasteiger partial charge is 0.387 e. The largest absolute Gasteiger partial charge is 0.454 e. The number of ether oxygens (including phenoxy) is 2. The molecule has 0 aliphatic heterocycles. The van der Waals surface area contributed by atoms with Crippen LogP contribution in [0.5, 0.6) is 5.75 Å². The Balaban J connectivity index is 2.03. The number of aryl methyl sites for hydroxylation is 1. The van der Waals surface area contributed by atoms with Gasteiger partial charge in [-0.3, -0.25) is 4.79 Å². The quantitative estimate of drug-likeness (QED) is 0.563. The van der Waals surface area contributed by atoms with Gasteiger partial charge in [0.1, 0.15) is 5.75 Å². The molecule has 0 saturated heterocycles. The van der Waals surface area contributed by atoms with Crippen LogP contribution in [0, 0.1) is 13.8 Å². The first-order chi connectivity index (χ1) is 11.8. The molecule has 2 aromatic rings. The number of alkyl halides is 2. The van der Waals surface area contributed by atoms with Crippen molar-refractivity contribution in [3.05, 3.63) is 52.8 Å². The van der Waals surface area contributed by atoms with Crippen molar-refractivity contribution in [2.24, 2.45) is 0 Å². The number of halogens is 2. The lowest BCUT2D eigenvalue weighted by Crippen LogP contribution is -2.15. The van der Waals surface area contributed by atoms with Gasteiger partial charge in [-0.05, 0) is 45.0 Å². The van der Waals surface area contributed by atoms with E-state index in [0.29, 0.717) is 5.56 Å². The van der Waals surface area contributed by atoms with Gasteiger partial charge in [-0.25, -0.2) is 4.79 Å². The van der Waals surface area contributed by atoms with Gasteiger partial charge in [0.25, 0.3) is 0 Å². The van der Waals surface area contributed by atoms with Crippen LogP contribution in [-0.2, 0) is 11.3 Å². The summed E-state index contributed by atoms with van der Waals surface area (Å²) >= 11 is 0. The highest BCUT2D eigenvalue weighted by atomic mass is 19.3. The van der Waals surface area contributed by atoms with Crippen LogP contribution in [0.25, 0.3) is 0 Å². The molecule has 5 nitrogen and oxygen atoms in total. The van der Waals surface area contributed by atoms with Gasteiger partial charge < -0.3 is 14.0 Å². The summed E-state index contributed by atoms with van der Waals surface area (Å²) in [5.74, 6) is -1.25. The van der Waals surface area contributed by atoms with E-state index < -0.39 is 19.2 Å². The summed E-state index contributed by atoms with van der Waals surface area (Å²) in [6, 6.07) is 6.99. The lowest BCUT2D eigenvalue weighted by Gasteiger charge is -2.08. The zero-order chi connectivity index (χ0) is 18.6. The molecule has 0 N–H and O–H groups in total. The fourth-order valence-corrected chi connectivity index (χ4v) is 2.66. The molecule has 134 valence electrons. The molecule has 0 bridgehead atoms. The van der Waals surface area contributed by atoms with E-state index in [1.807, 2.05) is 25.3 Å². The molecule has 0 amide bonds. The first-order valence-corrected chi connectivity index (χ1v) is 7.75. The minimum absolute atomic E-state index is 0.0324. The van der Waals surface area contributed by atoms with Gasteiger partial charge in [-0.2, -0.15) is 8.78 Å². The van der Waals surface area contributed by atoms with Crippen LogP contribution >= 0.6 is 0 Å².